The van der Waals surface area contributed by atoms with Crippen molar-refractivity contribution >= 4 is 17.4 Å². The normalized spacial score (nSPS) is 15.3. The van der Waals surface area contributed by atoms with Crippen LogP contribution in [-0.2, 0) is 0 Å². The van der Waals surface area contributed by atoms with Gasteiger partial charge in [-0.25, -0.2) is 9.97 Å². The molecule has 0 radical (unpaired) electrons. The largest absolute Gasteiger partial charge is 0.340 e. The summed E-state index contributed by atoms with van der Waals surface area (Å²) in [6.07, 6.45) is 2.12. The fraction of sp³-hybridized carbons (Fsp3) is 0.450. The average molecular weight is 338 g/mol. The van der Waals surface area contributed by atoms with Gasteiger partial charge in [0.25, 0.3) is 5.91 Å². The molecular weight excluding hydrogens is 312 g/mol. The maximum absolute atomic E-state index is 12.8. The van der Waals surface area contributed by atoms with Crippen molar-refractivity contribution in [2.24, 2.45) is 5.92 Å². The lowest BCUT2D eigenvalue weighted by molar-refractivity contribution is 0.0691. The van der Waals surface area contributed by atoms with Gasteiger partial charge in [0.1, 0.15) is 17.3 Å². The summed E-state index contributed by atoms with van der Waals surface area (Å²) in [5.74, 6) is 1.95. The molecule has 25 heavy (non-hydrogen) atoms. The number of piperidine rings is 1. The summed E-state index contributed by atoms with van der Waals surface area (Å²) < 4.78 is 0. The zero-order valence-corrected chi connectivity index (χ0v) is 15.5. The number of amides is 1. The molecule has 3 rings (SSSR count). The van der Waals surface area contributed by atoms with Crippen LogP contribution in [0.2, 0.25) is 0 Å². The Bertz CT molecular complexity index is 759. The van der Waals surface area contributed by atoms with Crippen molar-refractivity contribution in [3.63, 3.8) is 0 Å². The Balaban J connectivity index is 1.81. The summed E-state index contributed by atoms with van der Waals surface area (Å²) >= 11 is 0. The molecule has 1 aromatic carbocycles. The minimum atomic E-state index is 0.000808. The van der Waals surface area contributed by atoms with Crippen LogP contribution in [0, 0.1) is 26.7 Å². The molecule has 0 unspecified atom stereocenters. The molecule has 1 aromatic heterocycles. The number of hydrogen-bond donors (Lipinski definition) is 1. The van der Waals surface area contributed by atoms with Crippen molar-refractivity contribution < 1.29 is 4.79 Å². The minimum Gasteiger partial charge on any atom is -0.340 e. The van der Waals surface area contributed by atoms with Gasteiger partial charge in [-0.3, -0.25) is 4.79 Å². The van der Waals surface area contributed by atoms with E-state index in [1.807, 2.05) is 11.8 Å². The van der Waals surface area contributed by atoms with Crippen LogP contribution in [0.15, 0.2) is 24.3 Å². The Kier molecular flexibility index (Phi) is 5.02. The van der Waals surface area contributed by atoms with Gasteiger partial charge in [0.05, 0.1) is 0 Å². The first kappa shape index (κ1) is 17.4. The van der Waals surface area contributed by atoms with Crippen molar-refractivity contribution in [1.29, 1.82) is 0 Å². The Hall–Kier alpha value is -2.43. The molecule has 132 valence electrons. The quantitative estimate of drug-likeness (QED) is 0.918. The predicted molar refractivity (Wildman–Crippen MR) is 100 cm³/mol. The molecule has 1 aliphatic heterocycles. The fourth-order valence-electron chi connectivity index (χ4n) is 3.31. The number of hydrogen-bond acceptors (Lipinski definition) is 4. The number of carbonyl (C=O) groups is 1. The molecule has 1 aliphatic rings. The molecule has 5 nitrogen and oxygen atoms in total. The van der Waals surface area contributed by atoms with Crippen LogP contribution in [0.1, 0.15) is 47.2 Å². The zero-order chi connectivity index (χ0) is 18.0. The third kappa shape index (κ3) is 4.35. The summed E-state index contributed by atoms with van der Waals surface area (Å²) in [6, 6.07) is 8.02. The van der Waals surface area contributed by atoms with E-state index in [0.29, 0.717) is 23.3 Å². The number of aryl methyl sites for hydroxylation is 3. The van der Waals surface area contributed by atoms with Gasteiger partial charge in [-0.2, -0.15) is 0 Å². The first-order valence-corrected chi connectivity index (χ1v) is 8.91. The van der Waals surface area contributed by atoms with Crippen LogP contribution in [0.5, 0.6) is 0 Å². The lowest BCUT2D eigenvalue weighted by atomic mass is 9.99. The third-order valence-electron chi connectivity index (χ3n) is 4.62. The summed E-state index contributed by atoms with van der Waals surface area (Å²) in [5.41, 5.74) is 3.81. The average Bonchev–Trinajstić information content (AvgIpc) is 2.53. The molecule has 1 amide bonds. The van der Waals surface area contributed by atoms with Crippen LogP contribution in [-0.4, -0.2) is 33.9 Å². The topological polar surface area (TPSA) is 58.1 Å². The van der Waals surface area contributed by atoms with E-state index in [-0.39, 0.29) is 5.91 Å². The molecule has 1 N–H and O–H groups in total. The second-order valence-electron chi connectivity index (χ2n) is 7.16. The Morgan fingerprint density at radius 3 is 2.32 bits per heavy atom. The first-order valence-electron chi connectivity index (χ1n) is 8.91. The lowest BCUT2D eigenvalue weighted by Gasteiger charge is -2.30. The standard InChI is InChI=1S/C20H26N4O/c1-13-5-7-24(8-6-13)20(25)18-12-19(22-16(4)21-18)23-17-10-14(2)9-15(3)11-17/h9-13H,5-8H2,1-4H3,(H,21,22,23). The van der Waals surface area contributed by atoms with E-state index in [2.05, 4.69) is 54.3 Å². The van der Waals surface area contributed by atoms with Crippen LogP contribution in [0.25, 0.3) is 0 Å². The number of benzene rings is 1. The van der Waals surface area contributed by atoms with Gasteiger partial charge in [0.15, 0.2) is 0 Å². The van der Waals surface area contributed by atoms with E-state index in [1.54, 1.807) is 6.07 Å². The molecule has 2 aromatic rings. The van der Waals surface area contributed by atoms with Gasteiger partial charge in [-0.15, -0.1) is 0 Å². The van der Waals surface area contributed by atoms with E-state index in [0.717, 1.165) is 31.6 Å². The maximum Gasteiger partial charge on any atom is 0.272 e. The number of nitrogens with zero attached hydrogens (tertiary/aromatic N) is 3. The highest BCUT2D eigenvalue weighted by molar-refractivity contribution is 5.93. The van der Waals surface area contributed by atoms with Crippen molar-refractivity contribution in [3.05, 3.63) is 46.9 Å². The number of anilines is 2. The number of rotatable bonds is 3. The van der Waals surface area contributed by atoms with Gasteiger partial charge < -0.3 is 10.2 Å². The monoisotopic (exact) mass is 338 g/mol. The van der Waals surface area contributed by atoms with E-state index < -0.39 is 0 Å². The van der Waals surface area contributed by atoms with Gasteiger partial charge in [-0.1, -0.05) is 13.0 Å². The number of aromatic nitrogens is 2. The molecular formula is C20H26N4O. The van der Waals surface area contributed by atoms with Crippen molar-refractivity contribution in [2.45, 2.75) is 40.5 Å². The van der Waals surface area contributed by atoms with Gasteiger partial charge in [0, 0.05) is 24.8 Å². The lowest BCUT2D eigenvalue weighted by Crippen LogP contribution is -2.38. The van der Waals surface area contributed by atoms with E-state index in [9.17, 15) is 4.79 Å². The van der Waals surface area contributed by atoms with Crippen molar-refractivity contribution in [1.82, 2.24) is 14.9 Å². The highest BCUT2D eigenvalue weighted by Gasteiger charge is 2.23. The first-order chi connectivity index (χ1) is 11.9. The van der Waals surface area contributed by atoms with Crippen LogP contribution in [0.4, 0.5) is 11.5 Å². The second kappa shape index (κ2) is 7.21. The van der Waals surface area contributed by atoms with Crippen molar-refractivity contribution in [3.8, 4) is 0 Å². The van der Waals surface area contributed by atoms with Gasteiger partial charge in [-0.05, 0) is 62.8 Å². The summed E-state index contributed by atoms with van der Waals surface area (Å²) in [6.45, 7) is 9.81. The second-order valence-corrected chi connectivity index (χ2v) is 7.16. The number of carbonyl (C=O) groups excluding carboxylic acids is 1. The third-order valence-corrected chi connectivity index (χ3v) is 4.62. The molecule has 1 saturated heterocycles. The SMILES string of the molecule is Cc1cc(C)cc(Nc2cc(C(=O)N3CCC(C)CC3)nc(C)n2)c1. The van der Waals surface area contributed by atoms with Crippen LogP contribution in [0.3, 0.4) is 0 Å². The molecule has 1 fully saturated rings. The summed E-state index contributed by atoms with van der Waals surface area (Å²) in [4.78, 5) is 23.5. The van der Waals surface area contributed by atoms with Gasteiger partial charge >= 0.3 is 0 Å². The van der Waals surface area contributed by atoms with Crippen LogP contribution < -0.4 is 5.32 Å². The highest BCUT2D eigenvalue weighted by atomic mass is 16.2. The minimum absolute atomic E-state index is 0.000808. The number of likely N-dealkylation sites (tertiary alicyclic amines) is 1. The van der Waals surface area contributed by atoms with Gasteiger partial charge in [0.2, 0.25) is 0 Å². The van der Waals surface area contributed by atoms with E-state index in [1.165, 1.54) is 11.1 Å². The Morgan fingerprint density at radius 1 is 1.04 bits per heavy atom. The summed E-state index contributed by atoms with van der Waals surface area (Å²) in [5, 5.41) is 3.31. The molecule has 0 spiro atoms. The van der Waals surface area contributed by atoms with E-state index in [4.69, 9.17) is 0 Å². The van der Waals surface area contributed by atoms with E-state index >= 15 is 0 Å². The zero-order valence-electron chi connectivity index (χ0n) is 15.5. The number of nitrogens with one attached hydrogen (secondary N) is 1. The summed E-state index contributed by atoms with van der Waals surface area (Å²) in [7, 11) is 0. The molecule has 0 saturated carbocycles. The molecule has 5 heteroatoms. The highest BCUT2D eigenvalue weighted by Crippen LogP contribution is 2.21. The molecule has 0 atom stereocenters. The molecule has 2 heterocycles. The Morgan fingerprint density at radius 2 is 1.68 bits per heavy atom. The smallest absolute Gasteiger partial charge is 0.272 e. The van der Waals surface area contributed by atoms with Crippen molar-refractivity contribution in [2.75, 3.05) is 18.4 Å². The fourth-order valence-corrected chi connectivity index (χ4v) is 3.31. The maximum atomic E-state index is 12.8. The molecule has 0 aliphatic carbocycles. The Labute approximate surface area is 149 Å². The molecule has 0 bridgehead atoms. The van der Waals surface area contributed by atoms with Crippen LogP contribution >= 0.6 is 0 Å². The predicted octanol–water partition coefficient (Wildman–Crippen LogP) is 4.02.